The van der Waals surface area contributed by atoms with Crippen LogP contribution >= 0.6 is 12.4 Å². The van der Waals surface area contributed by atoms with Gasteiger partial charge < -0.3 is 15.5 Å². The average Bonchev–Trinajstić information content (AvgIpc) is 2.16. The predicted octanol–water partition coefficient (Wildman–Crippen LogP) is 0.553. The van der Waals surface area contributed by atoms with Gasteiger partial charge in [0.05, 0.1) is 0 Å². The zero-order chi connectivity index (χ0) is 10.1. The Morgan fingerprint density at radius 1 is 1.53 bits per heavy atom. The molecule has 0 aromatic carbocycles. The second kappa shape index (κ2) is 4.46. The van der Waals surface area contributed by atoms with Crippen molar-refractivity contribution >= 4 is 18.4 Å². The van der Waals surface area contributed by atoms with E-state index in [4.69, 9.17) is 5.11 Å². The molecule has 0 aliphatic carbocycles. The molecule has 1 aliphatic heterocycles. The highest BCUT2D eigenvalue weighted by Crippen LogP contribution is 2.21. The number of aromatic nitrogens is 1. The lowest BCUT2D eigenvalue weighted by atomic mass is 10.1. The van der Waals surface area contributed by atoms with E-state index in [1.54, 1.807) is 0 Å². The molecule has 3 N–H and O–H groups in total. The van der Waals surface area contributed by atoms with Gasteiger partial charge in [-0.25, -0.2) is 9.78 Å². The average molecular weight is 231 g/mol. The molecule has 0 saturated heterocycles. The fourth-order valence-electron chi connectivity index (χ4n) is 1.54. The second-order valence-corrected chi connectivity index (χ2v) is 3.19. The first-order chi connectivity index (χ1) is 6.68. The molecule has 0 atom stereocenters. The molecule has 1 aromatic rings. The van der Waals surface area contributed by atoms with Crippen LogP contribution in [0.4, 0.5) is 0 Å². The normalized spacial score (nSPS) is 13.9. The van der Waals surface area contributed by atoms with Gasteiger partial charge in [-0.3, -0.25) is 0 Å². The smallest absolute Gasteiger partial charge is 0.358 e. The van der Waals surface area contributed by atoms with Gasteiger partial charge in [-0.15, -0.1) is 12.4 Å². The lowest BCUT2D eigenvalue weighted by Crippen LogP contribution is -2.25. The van der Waals surface area contributed by atoms with Gasteiger partial charge in [-0.1, -0.05) is 0 Å². The van der Waals surface area contributed by atoms with Crippen molar-refractivity contribution in [1.82, 2.24) is 10.3 Å². The third-order valence-corrected chi connectivity index (χ3v) is 2.23. The first-order valence-corrected chi connectivity index (χ1v) is 4.34. The maximum atomic E-state index is 10.7. The van der Waals surface area contributed by atoms with Crippen molar-refractivity contribution in [2.75, 3.05) is 6.54 Å². The van der Waals surface area contributed by atoms with Gasteiger partial charge in [0, 0.05) is 25.2 Å². The van der Waals surface area contributed by atoms with Crippen LogP contribution in [0.25, 0.3) is 0 Å². The Kier molecular flexibility index (Phi) is 3.49. The standard InChI is InChI=1S/C9H10N2O3.ClH/c12-7-3-5-4-10-2-1-6(5)11-8(7)9(13)14;/h3,10,12H,1-2,4H2,(H,13,14);1H. The predicted molar refractivity (Wildman–Crippen MR) is 55.5 cm³/mol. The molecule has 0 radical (unpaired) electrons. The number of carbonyl (C=O) groups is 1. The van der Waals surface area contributed by atoms with E-state index >= 15 is 0 Å². The second-order valence-electron chi connectivity index (χ2n) is 3.19. The number of halogens is 1. The molecule has 0 fully saturated rings. The minimum Gasteiger partial charge on any atom is -0.505 e. The van der Waals surface area contributed by atoms with Crippen LogP contribution in [-0.4, -0.2) is 27.7 Å². The van der Waals surface area contributed by atoms with Crippen LogP contribution in [0.5, 0.6) is 5.75 Å². The summed E-state index contributed by atoms with van der Waals surface area (Å²) in [4.78, 5) is 14.6. The highest BCUT2D eigenvalue weighted by Gasteiger charge is 2.17. The SMILES string of the molecule is Cl.O=C(O)c1nc2c(cc1O)CNCC2. The Bertz CT molecular complexity index is 395. The Labute approximate surface area is 92.6 Å². The van der Waals surface area contributed by atoms with Crippen LogP contribution in [0, 0.1) is 0 Å². The monoisotopic (exact) mass is 230 g/mol. The molecule has 2 rings (SSSR count). The lowest BCUT2D eigenvalue weighted by molar-refractivity contribution is 0.0686. The third kappa shape index (κ3) is 2.19. The molecule has 0 saturated carbocycles. The highest BCUT2D eigenvalue weighted by molar-refractivity contribution is 5.88. The Hall–Kier alpha value is -1.33. The molecule has 0 unspecified atom stereocenters. The summed E-state index contributed by atoms with van der Waals surface area (Å²) in [6.07, 6.45) is 0.704. The molecule has 5 nitrogen and oxygen atoms in total. The van der Waals surface area contributed by atoms with E-state index < -0.39 is 5.97 Å². The van der Waals surface area contributed by atoms with E-state index in [0.717, 1.165) is 17.8 Å². The number of nitrogens with one attached hydrogen (secondary N) is 1. The number of hydrogen-bond acceptors (Lipinski definition) is 4. The van der Waals surface area contributed by atoms with E-state index in [-0.39, 0.29) is 23.9 Å². The van der Waals surface area contributed by atoms with Crippen LogP contribution in [0.2, 0.25) is 0 Å². The number of pyridine rings is 1. The topological polar surface area (TPSA) is 82.5 Å². The molecule has 1 aromatic heterocycles. The minimum atomic E-state index is -1.19. The summed E-state index contributed by atoms with van der Waals surface area (Å²) in [7, 11) is 0. The number of aromatic carboxylic acids is 1. The number of carboxylic acid groups (broad SMARTS) is 1. The summed E-state index contributed by atoms with van der Waals surface area (Å²) in [6, 6.07) is 1.47. The van der Waals surface area contributed by atoms with Crippen molar-refractivity contribution in [2.45, 2.75) is 13.0 Å². The molecule has 2 heterocycles. The molecule has 82 valence electrons. The molecule has 6 heteroatoms. The minimum absolute atomic E-state index is 0. The number of carboxylic acids is 1. The van der Waals surface area contributed by atoms with Crippen LogP contribution in [0.3, 0.4) is 0 Å². The summed E-state index contributed by atoms with van der Waals surface area (Å²) in [5.74, 6) is -1.45. The van der Waals surface area contributed by atoms with Gasteiger partial charge in [0.15, 0.2) is 5.69 Å². The van der Waals surface area contributed by atoms with Crippen molar-refractivity contribution in [1.29, 1.82) is 0 Å². The molecule has 15 heavy (non-hydrogen) atoms. The van der Waals surface area contributed by atoms with Gasteiger partial charge in [0.2, 0.25) is 0 Å². The van der Waals surface area contributed by atoms with Crippen molar-refractivity contribution < 1.29 is 15.0 Å². The quantitative estimate of drug-likeness (QED) is 0.657. The van der Waals surface area contributed by atoms with Crippen LogP contribution < -0.4 is 5.32 Å². The maximum absolute atomic E-state index is 10.7. The summed E-state index contributed by atoms with van der Waals surface area (Å²) in [6.45, 7) is 1.43. The fourth-order valence-corrected chi connectivity index (χ4v) is 1.54. The first kappa shape index (κ1) is 11.7. The van der Waals surface area contributed by atoms with Gasteiger partial charge in [-0.05, 0) is 11.6 Å². The first-order valence-electron chi connectivity index (χ1n) is 4.34. The number of hydrogen-bond donors (Lipinski definition) is 3. The van der Waals surface area contributed by atoms with Gasteiger partial charge in [0.1, 0.15) is 5.75 Å². The third-order valence-electron chi connectivity index (χ3n) is 2.23. The lowest BCUT2D eigenvalue weighted by Gasteiger charge is -2.16. The van der Waals surface area contributed by atoms with Crippen LogP contribution in [-0.2, 0) is 13.0 Å². The number of nitrogens with zero attached hydrogens (tertiary/aromatic N) is 1. The fraction of sp³-hybridized carbons (Fsp3) is 0.333. The molecule has 1 aliphatic rings. The van der Waals surface area contributed by atoms with Crippen molar-refractivity contribution in [3.05, 3.63) is 23.0 Å². The maximum Gasteiger partial charge on any atom is 0.358 e. The van der Waals surface area contributed by atoms with Crippen molar-refractivity contribution in [2.24, 2.45) is 0 Å². The number of fused-ring (bicyclic) bond motifs is 1. The summed E-state index contributed by atoms with van der Waals surface area (Å²) >= 11 is 0. The van der Waals surface area contributed by atoms with Crippen molar-refractivity contribution in [3.63, 3.8) is 0 Å². The molecule has 0 bridgehead atoms. The molecular formula is C9H11ClN2O3. The van der Waals surface area contributed by atoms with Crippen LogP contribution in [0.1, 0.15) is 21.7 Å². The Balaban J connectivity index is 0.00000112. The van der Waals surface area contributed by atoms with E-state index in [1.807, 2.05) is 0 Å². The summed E-state index contributed by atoms with van der Waals surface area (Å²) in [5.41, 5.74) is 1.38. The molecule has 0 amide bonds. The largest absolute Gasteiger partial charge is 0.505 e. The van der Waals surface area contributed by atoms with E-state index in [2.05, 4.69) is 10.3 Å². The Morgan fingerprint density at radius 2 is 2.27 bits per heavy atom. The van der Waals surface area contributed by atoms with E-state index in [1.165, 1.54) is 6.07 Å². The summed E-state index contributed by atoms with van der Waals surface area (Å²) in [5, 5.41) is 21.2. The summed E-state index contributed by atoms with van der Waals surface area (Å²) < 4.78 is 0. The van der Waals surface area contributed by atoms with Crippen molar-refractivity contribution in [3.8, 4) is 5.75 Å². The zero-order valence-corrected chi connectivity index (χ0v) is 8.67. The number of aromatic hydroxyl groups is 1. The van der Waals surface area contributed by atoms with E-state index in [9.17, 15) is 9.90 Å². The zero-order valence-electron chi connectivity index (χ0n) is 7.86. The van der Waals surface area contributed by atoms with Gasteiger partial charge in [0.25, 0.3) is 0 Å². The Morgan fingerprint density at radius 3 is 2.93 bits per heavy atom. The highest BCUT2D eigenvalue weighted by atomic mass is 35.5. The van der Waals surface area contributed by atoms with E-state index in [0.29, 0.717) is 13.0 Å². The molecular weight excluding hydrogens is 220 g/mol. The molecule has 0 spiro atoms. The number of rotatable bonds is 1. The van der Waals surface area contributed by atoms with Gasteiger partial charge >= 0.3 is 5.97 Å². The van der Waals surface area contributed by atoms with Crippen LogP contribution in [0.15, 0.2) is 6.07 Å². The van der Waals surface area contributed by atoms with Gasteiger partial charge in [-0.2, -0.15) is 0 Å².